The summed E-state index contributed by atoms with van der Waals surface area (Å²) in [7, 11) is 0. The molecule has 3 nitrogen and oxygen atoms in total. The molecule has 3 heteroatoms. The molecule has 1 heterocycles. The molecule has 80 valence electrons. The molecule has 2 rings (SSSR count). The van der Waals surface area contributed by atoms with Gasteiger partial charge in [-0.2, -0.15) is 0 Å². The zero-order chi connectivity index (χ0) is 10.7. The van der Waals surface area contributed by atoms with Crippen LogP contribution in [0.3, 0.4) is 0 Å². The Bertz CT molecular complexity index is 362. The summed E-state index contributed by atoms with van der Waals surface area (Å²) in [6.45, 7) is 4.88. The van der Waals surface area contributed by atoms with Gasteiger partial charge in [0.2, 0.25) is 5.91 Å². The SMILES string of the molecule is CCN1CCC(=O)Nc2ccccc2C1. The maximum atomic E-state index is 11.5. The van der Waals surface area contributed by atoms with E-state index in [0.29, 0.717) is 6.42 Å². The number of benzene rings is 1. The van der Waals surface area contributed by atoms with Crippen molar-refractivity contribution >= 4 is 11.6 Å². The Morgan fingerprint density at radius 1 is 1.40 bits per heavy atom. The van der Waals surface area contributed by atoms with Crippen LogP contribution in [0.15, 0.2) is 24.3 Å². The van der Waals surface area contributed by atoms with Gasteiger partial charge >= 0.3 is 0 Å². The first-order chi connectivity index (χ1) is 7.29. The number of nitrogens with zero attached hydrogens (tertiary/aromatic N) is 1. The highest BCUT2D eigenvalue weighted by atomic mass is 16.1. The van der Waals surface area contributed by atoms with Gasteiger partial charge in [-0.3, -0.25) is 9.69 Å². The van der Waals surface area contributed by atoms with Gasteiger partial charge in [-0.1, -0.05) is 25.1 Å². The van der Waals surface area contributed by atoms with Gasteiger partial charge in [0.05, 0.1) is 0 Å². The second kappa shape index (κ2) is 4.45. The lowest BCUT2D eigenvalue weighted by atomic mass is 10.1. The zero-order valence-corrected chi connectivity index (χ0v) is 8.99. The predicted molar refractivity (Wildman–Crippen MR) is 60.6 cm³/mol. The maximum absolute atomic E-state index is 11.5. The van der Waals surface area contributed by atoms with E-state index in [4.69, 9.17) is 0 Å². The van der Waals surface area contributed by atoms with E-state index >= 15 is 0 Å². The molecule has 1 aromatic carbocycles. The molecule has 0 fully saturated rings. The molecule has 0 spiro atoms. The lowest BCUT2D eigenvalue weighted by Crippen LogP contribution is -2.30. The van der Waals surface area contributed by atoms with Crippen molar-refractivity contribution in [3.8, 4) is 0 Å². The van der Waals surface area contributed by atoms with E-state index in [2.05, 4.69) is 23.2 Å². The number of amides is 1. The fraction of sp³-hybridized carbons (Fsp3) is 0.417. The zero-order valence-electron chi connectivity index (χ0n) is 8.99. The van der Waals surface area contributed by atoms with Gasteiger partial charge in [0.1, 0.15) is 0 Å². The van der Waals surface area contributed by atoms with Crippen molar-refractivity contribution in [1.82, 2.24) is 4.90 Å². The summed E-state index contributed by atoms with van der Waals surface area (Å²) >= 11 is 0. The van der Waals surface area contributed by atoms with E-state index in [0.717, 1.165) is 25.3 Å². The molecule has 0 unspecified atom stereocenters. The van der Waals surface area contributed by atoms with Gasteiger partial charge in [0, 0.05) is 25.2 Å². The summed E-state index contributed by atoms with van der Waals surface area (Å²) < 4.78 is 0. The van der Waals surface area contributed by atoms with E-state index in [1.807, 2.05) is 18.2 Å². The van der Waals surface area contributed by atoms with Crippen molar-refractivity contribution in [3.63, 3.8) is 0 Å². The van der Waals surface area contributed by atoms with E-state index in [-0.39, 0.29) is 5.91 Å². The third kappa shape index (κ3) is 2.36. The largest absolute Gasteiger partial charge is 0.326 e. The minimum absolute atomic E-state index is 0.112. The van der Waals surface area contributed by atoms with Gasteiger partial charge in [0.25, 0.3) is 0 Å². The second-order valence-corrected chi connectivity index (χ2v) is 3.82. The molecule has 1 aliphatic heterocycles. The summed E-state index contributed by atoms with van der Waals surface area (Å²) in [6.07, 6.45) is 0.585. The average molecular weight is 204 g/mol. The molecule has 0 aliphatic carbocycles. The van der Waals surface area contributed by atoms with Crippen LogP contribution in [0.25, 0.3) is 0 Å². The monoisotopic (exact) mass is 204 g/mol. The Morgan fingerprint density at radius 2 is 2.20 bits per heavy atom. The van der Waals surface area contributed by atoms with Crippen LogP contribution >= 0.6 is 0 Å². The Hall–Kier alpha value is -1.35. The van der Waals surface area contributed by atoms with Crippen LogP contribution in [-0.4, -0.2) is 23.9 Å². The summed E-state index contributed by atoms with van der Waals surface area (Å²) in [5.41, 5.74) is 2.16. The molecule has 1 N–H and O–H groups in total. The van der Waals surface area contributed by atoms with Gasteiger partial charge < -0.3 is 5.32 Å². The molecule has 1 aliphatic rings. The standard InChI is InChI=1S/C12H16N2O/c1-2-14-8-7-12(15)13-11-6-4-3-5-10(11)9-14/h3-6H,2,7-9H2,1H3,(H,13,15). The number of anilines is 1. The predicted octanol–water partition coefficient (Wildman–Crippen LogP) is 1.85. The normalized spacial score (nSPS) is 17.5. The highest BCUT2D eigenvalue weighted by molar-refractivity contribution is 5.91. The first-order valence-electron chi connectivity index (χ1n) is 5.39. The fourth-order valence-electron chi connectivity index (χ4n) is 1.84. The molecular weight excluding hydrogens is 188 g/mol. The fourth-order valence-corrected chi connectivity index (χ4v) is 1.84. The van der Waals surface area contributed by atoms with Crippen molar-refractivity contribution in [2.24, 2.45) is 0 Å². The van der Waals surface area contributed by atoms with E-state index in [1.54, 1.807) is 0 Å². The molecule has 1 aromatic rings. The Labute approximate surface area is 90.1 Å². The number of hydrogen-bond donors (Lipinski definition) is 1. The number of nitrogens with one attached hydrogen (secondary N) is 1. The molecule has 15 heavy (non-hydrogen) atoms. The molecule has 0 atom stereocenters. The average Bonchev–Trinajstić information content (AvgIpc) is 2.23. The minimum atomic E-state index is 0.112. The van der Waals surface area contributed by atoms with Crippen molar-refractivity contribution in [2.75, 3.05) is 18.4 Å². The van der Waals surface area contributed by atoms with Gasteiger partial charge in [0.15, 0.2) is 0 Å². The van der Waals surface area contributed by atoms with Crippen LogP contribution in [0.2, 0.25) is 0 Å². The van der Waals surface area contributed by atoms with Gasteiger partial charge in [-0.15, -0.1) is 0 Å². The first-order valence-corrected chi connectivity index (χ1v) is 5.39. The summed E-state index contributed by atoms with van der Waals surface area (Å²) in [5.74, 6) is 0.112. The van der Waals surface area contributed by atoms with E-state index < -0.39 is 0 Å². The number of fused-ring (bicyclic) bond motifs is 1. The number of hydrogen-bond acceptors (Lipinski definition) is 2. The van der Waals surface area contributed by atoms with Crippen LogP contribution < -0.4 is 5.32 Å². The van der Waals surface area contributed by atoms with Crippen molar-refractivity contribution in [1.29, 1.82) is 0 Å². The molecule has 0 radical (unpaired) electrons. The van der Waals surface area contributed by atoms with Crippen molar-refractivity contribution in [3.05, 3.63) is 29.8 Å². The third-order valence-corrected chi connectivity index (χ3v) is 2.79. The van der Waals surface area contributed by atoms with Gasteiger partial charge in [-0.25, -0.2) is 0 Å². The van der Waals surface area contributed by atoms with Gasteiger partial charge in [-0.05, 0) is 18.2 Å². The highest BCUT2D eigenvalue weighted by Gasteiger charge is 2.14. The number of rotatable bonds is 1. The quantitative estimate of drug-likeness (QED) is 0.757. The number of carbonyl (C=O) groups excluding carboxylic acids is 1. The van der Waals surface area contributed by atoms with Crippen LogP contribution in [0.1, 0.15) is 18.9 Å². The number of para-hydroxylation sites is 1. The lowest BCUT2D eigenvalue weighted by molar-refractivity contribution is -0.116. The van der Waals surface area contributed by atoms with Crippen molar-refractivity contribution < 1.29 is 4.79 Å². The smallest absolute Gasteiger partial charge is 0.225 e. The summed E-state index contributed by atoms with van der Waals surface area (Å²) in [5, 5.41) is 2.94. The van der Waals surface area contributed by atoms with E-state index in [1.165, 1.54) is 5.56 Å². The van der Waals surface area contributed by atoms with Crippen LogP contribution in [0.5, 0.6) is 0 Å². The first kappa shape index (κ1) is 10.2. The highest BCUT2D eigenvalue weighted by Crippen LogP contribution is 2.19. The maximum Gasteiger partial charge on any atom is 0.225 e. The Morgan fingerprint density at radius 3 is 3.00 bits per heavy atom. The minimum Gasteiger partial charge on any atom is -0.326 e. The third-order valence-electron chi connectivity index (χ3n) is 2.79. The molecule has 1 amide bonds. The molecule has 0 aromatic heterocycles. The molecule has 0 bridgehead atoms. The second-order valence-electron chi connectivity index (χ2n) is 3.82. The van der Waals surface area contributed by atoms with Crippen LogP contribution in [0.4, 0.5) is 5.69 Å². The lowest BCUT2D eigenvalue weighted by Gasteiger charge is -2.24. The molecule has 0 saturated heterocycles. The summed E-state index contributed by atoms with van der Waals surface area (Å²) in [4.78, 5) is 13.8. The summed E-state index contributed by atoms with van der Waals surface area (Å²) in [6, 6.07) is 8.01. The van der Waals surface area contributed by atoms with E-state index in [9.17, 15) is 4.79 Å². The number of carbonyl (C=O) groups is 1. The van der Waals surface area contributed by atoms with Crippen molar-refractivity contribution in [2.45, 2.75) is 19.9 Å². The Balaban J connectivity index is 2.29. The molecular formula is C12H16N2O. The van der Waals surface area contributed by atoms with Crippen LogP contribution in [0, 0.1) is 0 Å². The topological polar surface area (TPSA) is 32.3 Å². The Kier molecular flexibility index (Phi) is 3.02. The van der Waals surface area contributed by atoms with Crippen LogP contribution in [-0.2, 0) is 11.3 Å². The molecule has 0 saturated carbocycles.